The first-order chi connectivity index (χ1) is 8.19. The summed E-state index contributed by atoms with van der Waals surface area (Å²) in [4.78, 5) is 4.24. The van der Waals surface area contributed by atoms with Gasteiger partial charge in [-0.1, -0.05) is 36.3 Å². The van der Waals surface area contributed by atoms with E-state index in [0.717, 1.165) is 12.0 Å². The van der Waals surface area contributed by atoms with Crippen LogP contribution in [0.5, 0.6) is 0 Å². The molecule has 0 bridgehead atoms. The highest BCUT2D eigenvalue weighted by atomic mass is 16.5. The predicted octanol–water partition coefficient (Wildman–Crippen LogP) is 2.22. The second-order valence-electron chi connectivity index (χ2n) is 4.12. The van der Waals surface area contributed by atoms with E-state index in [-0.39, 0.29) is 0 Å². The number of aliphatic hydroxyl groups excluding tert-OH is 1. The van der Waals surface area contributed by atoms with E-state index in [4.69, 9.17) is 4.52 Å². The van der Waals surface area contributed by atoms with Gasteiger partial charge in [0.15, 0.2) is 0 Å². The monoisotopic (exact) mass is 232 g/mol. The van der Waals surface area contributed by atoms with E-state index in [1.54, 1.807) is 6.92 Å². The van der Waals surface area contributed by atoms with Crippen molar-refractivity contribution < 1.29 is 9.63 Å². The summed E-state index contributed by atoms with van der Waals surface area (Å²) in [6, 6.07) is 8.08. The average Bonchev–Trinajstić information content (AvgIpc) is 2.77. The van der Waals surface area contributed by atoms with E-state index in [1.165, 1.54) is 5.56 Å². The van der Waals surface area contributed by atoms with Crippen LogP contribution in [0.15, 0.2) is 28.8 Å². The summed E-state index contributed by atoms with van der Waals surface area (Å²) in [6.45, 7) is 3.81. The lowest BCUT2D eigenvalue weighted by Gasteiger charge is -1.97. The second-order valence-corrected chi connectivity index (χ2v) is 4.12. The van der Waals surface area contributed by atoms with Crippen molar-refractivity contribution in [3.63, 3.8) is 0 Å². The maximum Gasteiger partial charge on any atom is 0.229 e. The Labute approximate surface area is 100 Å². The minimum absolute atomic E-state index is 0.389. The van der Waals surface area contributed by atoms with Crippen LogP contribution >= 0.6 is 0 Å². The first-order valence-corrected chi connectivity index (χ1v) is 5.79. The zero-order valence-electron chi connectivity index (χ0n) is 10.1. The van der Waals surface area contributed by atoms with Gasteiger partial charge in [0.05, 0.1) is 12.5 Å². The molecule has 4 nitrogen and oxygen atoms in total. The van der Waals surface area contributed by atoms with Gasteiger partial charge >= 0.3 is 0 Å². The third kappa shape index (κ3) is 2.91. The van der Waals surface area contributed by atoms with Crippen molar-refractivity contribution in [3.8, 4) is 11.4 Å². The highest BCUT2D eigenvalue weighted by Gasteiger charge is 2.10. The summed E-state index contributed by atoms with van der Waals surface area (Å²) in [5.74, 6) is 1.04. The van der Waals surface area contributed by atoms with Crippen LogP contribution in [0.3, 0.4) is 0 Å². The molecule has 1 aromatic heterocycles. The van der Waals surface area contributed by atoms with Crippen molar-refractivity contribution in [3.05, 3.63) is 35.7 Å². The van der Waals surface area contributed by atoms with Crippen molar-refractivity contribution in [2.24, 2.45) is 0 Å². The van der Waals surface area contributed by atoms with E-state index in [0.29, 0.717) is 18.1 Å². The van der Waals surface area contributed by atoms with Gasteiger partial charge in [-0.3, -0.25) is 0 Å². The Morgan fingerprint density at radius 3 is 2.59 bits per heavy atom. The molecular formula is C13H16N2O2. The molecule has 0 radical (unpaired) electrons. The maximum atomic E-state index is 9.23. The molecule has 1 atom stereocenters. The quantitative estimate of drug-likeness (QED) is 0.878. The number of rotatable bonds is 4. The van der Waals surface area contributed by atoms with Crippen LogP contribution in [0, 0.1) is 0 Å². The Morgan fingerprint density at radius 2 is 2.00 bits per heavy atom. The lowest BCUT2D eigenvalue weighted by molar-refractivity contribution is 0.181. The molecule has 0 fully saturated rings. The number of aliphatic hydroxyl groups is 1. The fourth-order valence-electron chi connectivity index (χ4n) is 1.60. The number of hydrogen-bond donors (Lipinski definition) is 1. The standard InChI is InChI=1S/C13H16N2O2/c1-3-10-4-6-11(7-5-10)13-14-12(17-15-13)8-9(2)16/h4-7,9,16H,3,8H2,1-2H3. The molecule has 2 rings (SSSR count). The van der Waals surface area contributed by atoms with E-state index in [1.807, 2.05) is 12.1 Å². The summed E-state index contributed by atoms with van der Waals surface area (Å²) >= 11 is 0. The minimum Gasteiger partial charge on any atom is -0.393 e. The normalized spacial score (nSPS) is 12.6. The molecule has 0 spiro atoms. The molecule has 0 saturated carbocycles. The fraction of sp³-hybridized carbons (Fsp3) is 0.385. The molecule has 1 N–H and O–H groups in total. The van der Waals surface area contributed by atoms with Gasteiger partial charge in [0, 0.05) is 5.56 Å². The molecule has 0 amide bonds. The molecule has 4 heteroatoms. The molecule has 0 saturated heterocycles. The van der Waals surface area contributed by atoms with E-state index in [2.05, 4.69) is 29.2 Å². The van der Waals surface area contributed by atoms with Gasteiger partial charge < -0.3 is 9.63 Å². The molecule has 17 heavy (non-hydrogen) atoms. The maximum absolute atomic E-state index is 9.23. The lowest BCUT2D eigenvalue weighted by atomic mass is 10.1. The SMILES string of the molecule is CCc1ccc(-c2noc(CC(C)O)n2)cc1. The molecule has 0 aliphatic rings. The number of hydrogen-bond acceptors (Lipinski definition) is 4. The number of aromatic nitrogens is 2. The third-order valence-electron chi connectivity index (χ3n) is 2.56. The average molecular weight is 232 g/mol. The topological polar surface area (TPSA) is 59.2 Å². The summed E-state index contributed by atoms with van der Waals surface area (Å²) in [6.07, 6.45) is 0.936. The van der Waals surface area contributed by atoms with Gasteiger partial charge in [0.25, 0.3) is 0 Å². The minimum atomic E-state index is -0.467. The Kier molecular flexibility index (Phi) is 3.54. The van der Waals surface area contributed by atoms with E-state index >= 15 is 0 Å². The van der Waals surface area contributed by atoms with E-state index in [9.17, 15) is 5.11 Å². The molecule has 0 aliphatic carbocycles. The van der Waals surface area contributed by atoms with Gasteiger partial charge in [-0.05, 0) is 18.9 Å². The molecule has 1 aromatic carbocycles. The molecule has 0 aliphatic heterocycles. The number of aryl methyl sites for hydroxylation is 1. The molecule has 90 valence electrons. The zero-order valence-corrected chi connectivity index (χ0v) is 10.1. The first kappa shape index (κ1) is 11.8. The van der Waals surface area contributed by atoms with Gasteiger partial charge in [-0.15, -0.1) is 0 Å². The summed E-state index contributed by atoms with van der Waals surface area (Å²) in [5, 5.41) is 13.1. The van der Waals surface area contributed by atoms with Crippen LogP contribution in [-0.2, 0) is 12.8 Å². The molecule has 1 unspecified atom stereocenters. The summed E-state index contributed by atoms with van der Waals surface area (Å²) in [7, 11) is 0. The Bertz CT molecular complexity index is 474. The van der Waals surface area contributed by atoms with Crippen LogP contribution in [0.4, 0.5) is 0 Å². The van der Waals surface area contributed by atoms with Gasteiger partial charge in [0.1, 0.15) is 0 Å². The predicted molar refractivity (Wildman–Crippen MR) is 64.5 cm³/mol. The van der Waals surface area contributed by atoms with E-state index < -0.39 is 6.10 Å². The van der Waals surface area contributed by atoms with Crippen LogP contribution < -0.4 is 0 Å². The van der Waals surface area contributed by atoms with Crippen LogP contribution in [0.25, 0.3) is 11.4 Å². The third-order valence-corrected chi connectivity index (χ3v) is 2.56. The van der Waals surface area contributed by atoms with Crippen LogP contribution in [0.2, 0.25) is 0 Å². The van der Waals surface area contributed by atoms with Crippen LogP contribution in [-0.4, -0.2) is 21.4 Å². The zero-order chi connectivity index (χ0) is 12.3. The Morgan fingerprint density at radius 1 is 1.29 bits per heavy atom. The number of nitrogens with zero attached hydrogens (tertiary/aromatic N) is 2. The van der Waals surface area contributed by atoms with Crippen molar-refractivity contribution in [1.82, 2.24) is 10.1 Å². The largest absolute Gasteiger partial charge is 0.393 e. The first-order valence-electron chi connectivity index (χ1n) is 5.79. The van der Waals surface area contributed by atoms with Crippen LogP contribution in [0.1, 0.15) is 25.3 Å². The van der Waals surface area contributed by atoms with Gasteiger partial charge in [-0.2, -0.15) is 4.98 Å². The second kappa shape index (κ2) is 5.10. The smallest absolute Gasteiger partial charge is 0.229 e. The summed E-state index contributed by atoms with van der Waals surface area (Å²) < 4.78 is 5.07. The van der Waals surface area contributed by atoms with Crippen molar-refractivity contribution in [2.75, 3.05) is 0 Å². The highest BCUT2D eigenvalue weighted by Crippen LogP contribution is 2.17. The van der Waals surface area contributed by atoms with Gasteiger partial charge in [0.2, 0.25) is 11.7 Å². The lowest BCUT2D eigenvalue weighted by Crippen LogP contribution is -2.04. The van der Waals surface area contributed by atoms with Crippen molar-refractivity contribution in [2.45, 2.75) is 32.8 Å². The van der Waals surface area contributed by atoms with Crippen molar-refractivity contribution >= 4 is 0 Å². The molecule has 1 heterocycles. The Balaban J connectivity index is 2.18. The Hall–Kier alpha value is -1.68. The molecule has 2 aromatic rings. The fourth-order valence-corrected chi connectivity index (χ4v) is 1.60. The van der Waals surface area contributed by atoms with Gasteiger partial charge in [-0.25, -0.2) is 0 Å². The molecular weight excluding hydrogens is 216 g/mol. The number of benzene rings is 1. The highest BCUT2D eigenvalue weighted by molar-refractivity contribution is 5.54. The summed E-state index contributed by atoms with van der Waals surface area (Å²) in [5.41, 5.74) is 2.21. The van der Waals surface area contributed by atoms with Crippen molar-refractivity contribution in [1.29, 1.82) is 0 Å².